The van der Waals surface area contributed by atoms with Crippen LogP contribution in [0, 0.1) is 0 Å². The summed E-state index contributed by atoms with van der Waals surface area (Å²) in [6.07, 6.45) is 0. The Morgan fingerprint density at radius 1 is 1.56 bits per heavy atom. The van der Waals surface area contributed by atoms with Crippen molar-refractivity contribution >= 4 is 33.4 Å². The van der Waals surface area contributed by atoms with E-state index in [1.165, 1.54) is 11.8 Å². The van der Waals surface area contributed by atoms with Crippen LogP contribution in [0.25, 0.3) is 0 Å². The number of nitrogens with zero attached hydrogens (tertiary/aromatic N) is 2. The Morgan fingerprint density at radius 3 is 3.00 bits per heavy atom. The third-order valence-corrected chi connectivity index (χ3v) is 4.02. The molecule has 0 atom stereocenters. The predicted molar refractivity (Wildman–Crippen MR) is 76.6 cm³/mol. The molecule has 0 fully saturated rings. The minimum absolute atomic E-state index is 0.177. The van der Waals surface area contributed by atoms with E-state index in [4.69, 9.17) is 5.73 Å². The van der Waals surface area contributed by atoms with E-state index in [-0.39, 0.29) is 5.69 Å². The van der Waals surface area contributed by atoms with Crippen molar-refractivity contribution < 1.29 is 0 Å². The summed E-state index contributed by atoms with van der Waals surface area (Å²) in [6.45, 7) is 2.52. The SMILES string of the molecule is CCn1c(SCc2ccc(Br)cc2N)n[nH]c1=O. The number of nitrogen functional groups attached to an aromatic ring is 1. The number of nitrogens with two attached hydrogens (primary N) is 1. The number of hydrogen-bond donors (Lipinski definition) is 2. The number of H-pyrrole nitrogens is 1. The Labute approximate surface area is 117 Å². The maximum atomic E-state index is 11.4. The lowest BCUT2D eigenvalue weighted by Crippen LogP contribution is -2.16. The molecule has 0 aliphatic heterocycles. The number of aromatic amines is 1. The second-order valence-corrected chi connectivity index (χ2v) is 5.55. The van der Waals surface area contributed by atoms with Crippen LogP contribution in [0.5, 0.6) is 0 Å². The van der Waals surface area contributed by atoms with Crippen LogP contribution >= 0.6 is 27.7 Å². The molecule has 7 heteroatoms. The van der Waals surface area contributed by atoms with Crippen LogP contribution in [0.2, 0.25) is 0 Å². The normalized spacial score (nSPS) is 10.8. The summed E-state index contributed by atoms with van der Waals surface area (Å²) in [6, 6.07) is 5.78. The summed E-state index contributed by atoms with van der Waals surface area (Å²) in [5, 5.41) is 7.12. The van der Waals surface area contributed by atoms with Gasteiger partial charge in [-0.2, -0.15) is 0 Å². The lowest BCUT2D eigenvalue weighted by atomic mass is 10.2. The van der Waals surface area contributed by atoms with Crippen LogP contribution < -0.4 is 11.4 Å². The highest BCUT2D eigenvalue weighted by Gasteiger charge is 2.08. The van der Waals surface area contributed by atoms with Gasteiger partial charge in [-0.15, -0.1) is 5.10 Å². The van der Waals surface area contributed by atoms with E-state index in [0.29, 0.717) is 17.5 Å². The predicted octanol–water partition coefficient (Wildman–Crippen LogP) is 2.23. The van der Waals surface area contributed by atoms with Crippen molar-refractivity contribution in [2.24, 2.45) is 0 Å². The Morgan fingerprint density at radius 2 is 2.33 bits per heavy atom. The Bertz CT molecular complexity index is 607. The molecule has 0 unspecified atom stereocenters. The monoisotopic (exact) mass is 328 g/mol. The topological polar surface area (TPSA) is 76.7 Å². The van der Waals surface area contributed by atoms with Crippen molar-refractivity contribution in [3.63, 3.8) is 0 Å². The highest BCUT2D eigenvalue weighted by molar-refractivity contribution is 9.10. The third-order valence-electron chi connectivity index (χ3n) is 2.50. The fourth-order valence-electron chi connectivity index (χ4n) is 1.53. The van der Waals surface area contributed by atoms with E-state index in [1.807, 2.05) is 25.1 Å². The molecule has 18 heavy (non-hydrogen) atoms. The van der Waals surface area contributed by atoms with Crippen LogP contribution in [-0.2, 0) is 12.3 Å². The van der Waals surface area contributed by atoms with Crippen LogP contribution in [0.3, 0.4) is 0 Å². The Hall–Kier alpha value is -1.21. The number of nitrogens with one attached hydrogen (secondary N) is 1. The van der Waals surface area contributed by atoms with Crippen LogP contribution in [-0.4, -0.2) is 14.8 Å². The first-order chi connectivity index (χ1) is 8.61. The minimum atomic E-state index is -0.177. The molecule has 0 saturated carbocycles. The van der Waals surface area contributed by atoms with Crippen molar-refractivity contribution in [1.82, 2.24) is 14.8 Å². The van der Waals surface area contributed by atoms with Gasteiger partial charge in [0.2, 0.25) is 0 Å². The summed E-state index contributed by atoms with van der Waals surface area (Å²) >= 11 is 4.86. The van der Waals surface area contributed by atoms with Crippen molar-refractivity contribution in [2.75, 3.05) is 5.73 Å². The molecule has 0 spiro atoms. The first-order valence-corrected chi connectivity index (χ1v) is 7.21. The van der Waals surface area contributed by atoms with E-state index >= 15 is 0 Å². The quantitative estimate of drug-likeness (QED) is 0.666. The number of aromatic nitrogens is 3. The molecule has 5 nitrogen and oxygen atoms in total. The minimum Gasteiger partial charge on any atom is -0.398 e. The lowest BCUT2D eigenvalue weighted by molar-refractivity contribution is 0.660. The number of thioether (sulfide) groups is 1. The maximum absolute atomic E-state index is 11.4. The molecule has 1 aromatic heterocycles. The summed E-state index contributed by atoms with van der Waals surface area (Å²) in [5.41, 5.74) is 7.51. The van der Waals surface area contributed by atoms with Gasteiger partial charge in [0.25, 0.3) is 0 Å². The second kappa shape index (κ2) is 5.62. The van der Waals surface area contributed by atoms with Gasteiger partial charge in [-0.1, -0.05) is 33.8 Å². The molecule has 0 bridgehead atoms. The zero-order chi connectivity index (χ0) is 13.1. The Balaban J connectivity index is 2.14. The molecule has 0 amide bonds. The first-order valence-electron chi connectivity index (χ1n) is 5.43. The van der Waals surface area contributed by atoms with Gasteiger partial charge in [-0.25, -0.2) is 9.89 Å². The second-order valence-electron chi connectivity index (χ2n) is 3.69. The van der Waals surface area contributed by atoms with Crippen LogP contribution in [0.15, 0.2) is 32.6 Å². The van der Waals surface area contributed by atoms with E-state index < -0.39 is 0 Å². The molecule has 2 aromatic rings. The van der Waals surface area contributed by atoms with Gasteiger partial charge in [0.05, 0.1) is 0 Å². The van der Waals surface area contributed by atoms with Gasteiger partial charge in [-0.05, 0) is 24.6 Å². The summed E-state index contributed by atoms with van der Waals surface area (Å²) in [4.78, 5) is 11.4. The molecule has 1 aromatic carbocycles. The highest BCUT2D eigenvalue weighted by atomic mass is 79.9. The average Bonchev–Trinajstić information content (AvgIpc) is 2.69. The standard InChI is InChI=1S/C11H13BrN4OS/c1-2-16-10(17)14-15-11(16)18-6-7-3-4-8(12)5-9(7)13/h3-5H,2,6,13H2,1H3,(H,14,17). The zero-order valence-corrected chi connectivity index (χ0v) is 12.2. The smallest absolute Gasteiger partial charge is 0.343 e. The maximum Gasteiger partial charge on any atom is 0.343 e. The van der Waals surface area contributed by atoms with Crippen LogP contribution in [0.1, 0.15) is 12.5 Å². The van der Waals surface area contributed by atoms with E-state index in [2.05, 4.69) is 26.1 Å². The van der Waals surface area contributed by atoms with Gasteiger partial charge >= 0.3 is 5.69 Å². The van der Waals surface area contributed by atoms with Crippen LogP contribution in [0.4, 0.5) is 5.69 Å². The fourth-order valence-corrected chi connectivity index (χ4v) is 2.94. The molecule has 0 aliphatic carbocycles. The lowest BCUT2D eigenvalue weighted by Gasteiger charge is -2.06. The van der Waals surface area contributed by atoms with Gasteiger partial charge < -0.3 is 5.73 Å². The molecular formula is C11H13BrN4OS. The van der Waals surface area contributed by atoms with Crippen molar-refractivity contribution in [3.05, 3.63) is 38.7 Å². The number of anilines is 1. The number of hydrogen-bond acceptors (Lipinski definition) is 4. The van der Waals surface area contributed by atoms with Crippen molar-refractivity contribution in [3.8, 4) is 0 Å². The largest absolute Gasteiger partial charge is 0.398 e. The van der Waals surface area contributed by atoms with Gasteiger partial charge in [0, 0.05) is 22.5 Å². The van der Waals surface area contributed by atoms with Gasteiger partial charge in [0.1, 0.15) is 0 Å². The average molecular weight is 329 g/mol. The fraction of sp³-hybridized carbons (Fsp3) is 0.273. The van der Waals surface area contributed by atoms with E-state index in [1.54, 1.807) is 4.57 Å². The molecule has 2 rings (SSSR count). The molecule has 1 heterocycles. The zero-order valence-electron chi connectivity index (χ0n) is 9.81. The summed E-state index contributed by atoms with van der Waals surface area (Å²) in [7, 11) is 0. The summed E-state index contributed by atoms with van der Waals surface area (Å²) < 4.78 is 2.55. The highest BCUT2D eigenvalue weighted by Crippen LogP contribution is 2.25. The molecule has 3 N–H and O–H groups in total. The van der Waals surface area contributed by atoms with E-state index in [9.17, 15) is 4.79 Å². The number of halogens is 1. The van der Waals surface area contributed by atoms with Gasteiger partial charge in [0.15, 0.2) is 5.16 Å². The molecule has 0 saturated heterocycles. The molecular weight excluding hydrogens is 316 g/mol. The summed E-state index contributed by atoms with van der Waals surface area (Å²) in [5.74, 6) is 0.684. The first kappa shape index (κ1) is 13.2. The Kier molecular flexibility index (Phi) is 4.13. The van der Waals surface area contributed by atoms with Crippen molar-refractivity contribution in [2.45, 2.75) is 24.4 Å². The number of rotatable bonds is 4. The third kappa shape index (κ3) is 2.78. The molecule has 0 aliphatic rings. The molecule has 96 valence electrons. The molecule has 0 radical (unpaired) electrons. The number of benzene rings is 1. The van der Waals surface area contributed by atoms with Crippen molar-refractivity contribution in [1.29, 1.82) is 0 Å². The van der Waals surface area contributed by atoms with E-state index in [0.717, 1.165) is 15.7 Å². The van der Waals surface area contributed by atoms with Gasteiger partial charge in [-0.3, -0.25) is 4.57 Å².